The molecule has 0 radical (unpaired) electrons. The number of carbonyl (C=O) groups is 1. The van der Waals surface area contributed by atoms with Gasteiger partial charge in [0.2, 0.25) is 0 Å². The van der Waals surface area contributed by atoms with Crippen LogP contribution in [0.3, 0.4) is 0 Å². The van der Waals surface area contributed by atoms with Crippen molar-refractivity contribution in [1.82, 2.24) is 0 Å². The molecule has 5 rings (SSSR count). The van der Waals surface area contributed by atoms with E-state index in [0.29, 0.717) is 38.9 Å². The van der Waals surface area contributed by atoms with Crippen molar-refractivity contribution in [1.29, 1.82) is 0 Å². The Morgan fingerprint density at radius 1 is 0.719 bits per heavy atom. The lowest BCUT2D eigenvalue weighted by molar-refractivity contribution is -0.241. The van der Waals surface area contributed by atoms with Gasteiger partial charge in [-0.2, -0.15) is 0 Å². The zero-order valence-electron chi connectivity index (χ0n) is 22.1. The van der Waals surface area contributed by atoms with Gasteiger partial charge in [0.25, 0.3) is 0 Å². The van der Waals surface area contributed by atoms with Crippen LogP contribution in [0.1, 0.15) is 119 Å². The second-order valence-electron chi connectivity index (χ2n) is 14.9. The Morgan fingerprint density at radius 3 is 1.94 bits per heavy atom. The van der Waals surface area contributed by atoms with Crippen LogP contribution in [0.5, 0.6) is 0 Å². The summed E-state index contributed by atoms with van der Waals surface area (Å²) in [4.78, 5) is 11.9. The average Bonchev–Trinajstić information content (AvgIpc) is 3.04. The number of fused-ring (bicyclic) bond motifs is 7. The SMILES string of the molecule is CC(C(=O)O)C1CCC2(C)C1CCC1(C)C2CCC2C3(C)CCCC(C)(C)C3CCC21C. The molecule has 2 nitrogen and oxygen atoms in total. The normalized spacial score (nSPS) is 55.2. The van der Waals surface area contributed by atoms with Crippen LogP contribution in [-0.2, 0) is 4.79 Å². The third-order valence-corrected chi connectivity index (χ3v) is 13.8. The molecule has 32 heavy (non-hydrogen) atoms. The number of rotatable bonds is 2. The van der Waals surface area contributed by atoms with E-state index in [-0.39, 0.29) is 5.92 Å². The van der Waals surface area contributed by atoms with E-state index in [1.54, 1.807) is 0 Å². The van der Waals surface area contributed by atoms with Gasteiger partial charge in [-0.05, 0) is 121 Å². The monoisotopic (exact) mass is 442 g/mol. The van der Waals surface area contributed by atoms with Crippen molar-refractivity contribution in [3.05, 3.63) is 0 Å². The fourth-order valence-electron chi connectivity index (χ4n) is 12.1. The molecule has 0 aliphatic heterocycles. The molecular formula is C30H50O2. The van der Waals surface area contributed by atoms with E-state index in [4.69, 9.17) is 0 Å². The minimum atomic E-state index is -0.575. The van der Waals surface area contributed by atoms with Crippen LogP contribution in [0.15, 0.2) is 0 Å². The summed E-state index contributed by atoms with van der Waals surface area (Å²) in [6, 6.07) is 0. The van der Waals surface area contributed by atoms with Crippen molar-refractivity contribution < 1.29 is 9.90 Å². The van der Waals surface area contributed by atoms with Crippen molar-refractivity contribution in [3.63, 3.8) is 0 Å². The van der Waals surface area contributed by atoms with E-state index < -0.39 is 5.97 Å². The Kier molecular flexibility index (Phi) is 5.08. The highest BCUT2D eigenvalue weighted by Crippen LogP contribution is 2.78. The lowest BCUT2D eigenvalue weighted by Crippen LogP contribution is -2.65. The molecule has 5 aliphatic carbocycles. The van der Waals surface area contributed by atoms with Crippen molar-refractivity contribution in [3.8, 4) is 0 Å². The third kappa shape index (κ3) is 2.73. The molecule has 0 aromatic heterocycles. The fourth-order valence-corrected chi connectivity index (χ4v) is 12.1. The van der Waals surface area contributed by atoms with Crippen LogP contribution in [0.4, 0.5) is 0 Å². The Morgan fingerprint density at radius 2 is 1.31 bits per heavy atom. The number of carboxylic acid groups (broad SMARTS) is 1. The number of carboxylic acids is 1. The summed E-state index contributed by atoms with van der Waals surface area (Å²) in [5.74, 6) is 2.78. The molecule has 0 aromatic carbocycles. The molecule has 182 valence electrons. The molecule has 10 atom stereocenters. The van der Waals surface area contributed by atoms with E-state index in [1.807, 2.05) is 6.92 Å². The first-order valence-corrected chi connectivity index (χ1v) is 14.0. The summed E-state index contributed by atoms with van der Waals surface area (Å²) in [7, 11) is 0. The molecule has 10 unspecified atom stereocenters. The molecule has 0 aromatic rings. The third-order valence-electron chi connectivity index (χ3n) is 13.8. The topological polar surface area (TPSA) is 37.3 Å². The van der Waals surface area contributed by atoms with Crippen molar-refractivity contribution in [2.75, 3.05) is 0 Å². The van der Waals surface area contributed by atoms with Gasteiger partial charge < -0.3 is 5.11 Å². The predicted molar refractivity (Wildman–Crippen MR) is 131 cm³/mol. The zero-order chi connectivity index (χ0) is 23.3. The quantitative estimate of drug-likeness (QED) is 0.468. The van der Waals surface area contributed by atoms with E-state index in [9.17, 15) is 9.90 Å². The molecule has 1 N–H and O–H groups in total. The number of hydrogen-bond donors (Lipinski definition) is 1. The van der Waals surface area contributed by atoms with Gasteiger partial charge in [0.1, 0.15) is 0 Å². The first kappa shape index (κ1) is 23.2. The molecule has 0 amide bonds. The Balaban J connectivity index is 1.50. The van der Waals surface area contributed by atoms with Crippen molar-refractivity contribution >= 4 is 5.97 Å². The Labute approximate surface area is 197 Å². The van der Waals surface area contributed by atoms with Crippen LogP contribution >= 0.6 is 0 Å². The van der Waals surface area contributed by atoms with Gasteiger partial charge in [-0.1, -0.05) is 54.9 Å². The molecule has 0 saturated heterocycles. The van der Waals surface area contributed by atoms with Gasteiger partial charge in [-0.25, -0.2) is 0 Å². The fraction of sp³-hybridized carbons (Fsp3) is 0.967. The molecule has 5 saturated carbocycles. The Bertz CT molecular complexity index is 786. The standard InChI is InChI=1S/C30H50O2/c1-19(25(31)32)20-11-16-27(4)21(20)12-17-29(6)23(27)9-10-24-28(5)15-8-14-26(2,3)22(28)13-18-30(24,29)7/h19-24H,8-18H2,1-7H3,(H,31,32). The first-order chi connectivity index (χ1) is 14.8. The van der Waals surface area contributed by atoms with Gasteiger partial charge in [0, 0.05) is 0 Å². The highest BCUT2D eigenvalue weighted by molar-refractivity contribution is 5.70. The minimum Gasteiger partial charge on any atom is -0.481 e. The van der Waals surface area contributed by atoms with Crippen LogP contribution in [-0.4, -0.2) is 11.1 Å². The molecule has 0 heterocycles. The lowest BCUT2D eigenvalue weighted by Gasteiger charge is -2.73. The maximum absolute atomic E-state index is 11.9. The predicted octanol–water partition coefficient (Wildman–Crippen LogP) is 8.20. The van der Waals surface area contributed by atoms with Crippen LogP contribution in [0.2, 0.25) is 0 Å². The number of hydrogen-bond acceptors (Lipinski definition) is 1. The summed E-state index contributed by atoms with van der Waals surface area (Å²) in [6.45, 7) is 17.9. The van der Waals surface area contributed by atoms with E-state index in [0.717, 1.165) is 24.2 Å². The molecule has 0 bridgehead atoms. The number of aliphatic carboxylic acids is 1. The maximum atomic E-state index is 11.9. The first-order valence-electron chi connectivity index (χ1n) is 14.0. The van der Waals surface area contributed by atoms with Gasteiger partial charge in [-0.15, -0.1) is 0 Å². The van der Waals surface area contributed by atoms with Crippen LogP contribution in [0.25, 0.3) is 0 Å². The molecule has 5 aliphatic rings. The van der Waals surface area contributed by atoms with Crippen LogP contribution in [0, 0.1) is 62.6 Å². The largest absolute Gasteiger partial charge is 0.481 e. The van der Waals surface area contributed by atoms with Crippen molar-refractivity contribution in [2.45, 2.75) is 119 Å². The summed E-state index contributed by atoms with van der Waals surface area (Å²) in [5.41, 5.74) is 2.22. The van der Waals surface area contributed by atoms with Gasteiger partial charge in [0.05, 0.1) is 5.92 Å². The molecule has 5 fully saturated rings. The molecular weight excluding hydrogens is 392 g/mol. The van der Waals surface area contributed by atoms with Gasteiger partial charge >= 0.3 is 5.97 Å². The lowest BCUT2D eigenvalue weighted by atomic mass is 9.32. The molecule has 0 spiro atoms. The smallest absolute Gasteiger partial charge is 0.306 e. The van der Waals surface area contributed by atoms with Crippen LogP contribution < -0.4 is 0 Å². The summed E-state index contributed by atoms with van der Waals surface area (Å²) >= 11 is 0. The summed E-state index contributed by atoms with van der Waals surface area (Å²) in [6.07, 6.45) is 14.9. The summed E-state index contributed by atoms with van der Waals surface area (Å²) < 4.78 is 0. The van der Waals surface area contributed by atoms with Crippen molar-refractivity contribution in [2.24, 2.45) is 62.6 Å². The van der Waals surface area contributed by atoms with E-state index in [2.05, 4.69) is 41.5 Å². The Hall–Kier alpha value is -0.530. The van der Waals surface area contributed by atoms with Gasteiger partial charge in [-0.3, -0.25) is 4.79 Å². The van der Waals surface area contributed by atoms with E-state index >= 15 is 0 Å². The van der Waals surface area contributed by atoms with Gasteiger partial charge in [0.15, 0.2) is 0 Å². The summed E-state index contributed by atoms with van der Waals surface area (Å²) in [5, 5.41) is 9.78. The maximum Gasteiger partial charge on any atom is 0.306 e. The second kappa shape index (κ2) is 7.00. The average molecular weight is 443 g/mol. The molecule has 2 heteroatoms. The highest BCUT2D eigenvalue weighted by Gasteiger charge is 2.70. The second-order valence-corrected chi connectivity index (χ2v) is 14.9. The minimum absolute atomic E-state index is 0.183. The highest BCUT2D eigenvalue weighted by atomic mass is 16.4. The van der Waals surface area contributed by atoms with E-state index in [1.165, 1.54) is 64.2 Å². The zero-order valence-corrected chi connectivity index (χ0v) is 22.1.